The van der Waals surface area contributed by atoms with E-state index >= 15 is 0 Å². The normalized spacial score (nSPS) is 11.1. The summed E-state index contributed by atoms with van der Waals surface area (Å²) in [5.41, 5.74) is 7.46. The second-order valence-corrected chi connectivity index (χ2v) is 5.02. The quantitative estimate of drug-likeness (QED) is 0.565. The first-order valence-corrected chi connectivity index (χ1v) is 8.12. The number of nitrogens with one attached hydrogen (secondary N) is 1. The lowest BCUT2D eigenvalue weighted by Crippen LogP contribution is -2.23. The number of methoxy groups -OCH3 is 1. The summed E-state index contributed by atoms with van der Waals surface area (Å²) in [6.45, 7) is 5.32. The van der Waals surface area contributed by atoms with Crippen LogP contribution < -0.4 is 25.3 Å². The van der Waals surface area contributed by atoms with Gasteiger partial charge in [-0.1, -0.05) is 6.07 Å². The van der Waals surface area contributed by atoms with Crippen LogP contribution in [0.2, 0.25) is 0 Å². The number of nitrogens with zero attached hydrogens (tertiary/aromatic N) is 2. The lowest BCUT2D eigenvalue weighted by molar-refractivity contribution is 0.332. The molecule has 0 saturated heterocycles. The number of guanidine groups is 1. The van der Waals surface area contributed by atoms with Crippen molar-refractivity contribution in [1.29, 1.82) is 0 Å². The molecule has 1 aromatic heterocycles. The van der Waals surface area contributed by atoms with Gasteiger partial charge in [-0.25, -0.2) is 9.98 Å². The van der Waals surface area contributed by atoms with Crippen molar-refractivity contribution in [3.8, 4) is 17.4 Å². The average molecular weight is 344 g/mol. The second kappa shape index (κ2) is 9.36. The van der Waals surface area contributed by atoms with Gasteiger partial charge in [0.15, 0.2) is 5.96 Å². The molecule has 25 heavy (non-hydrogen) atoms. The van der Waals surface area contributed by atoms with Crippen LogP contribution in [0.3, 0.4) is 0 Å². The van der Waals surface area contributed by atoms with Crippen molar-refractivity contribution in [2.24, 2.45) is 10.7 Å². The number of rotatable bonds is 8. The van der Waals surface area contributed by atoms with Crippen LogP contribution in [0.4, 0.5) is 5.69 Å². The molecular formula is C18H24N4O3. The summed E-state index contributed by atoms with van der Waals surface area (Å²) in [5, 5.41) is 3.06. The molecule has 0 bridgehead atoms. The summed E-state index contributed by atoms with van der Waals surface area (Å²) < 4.78 is 16.2. The molecule has 1 heterocycles. The molecule has 0 atom stereocenters. The van der Waals surface area contributed by atoms with E-state index in [2.05, 4.69) is 15.3 Å². The molecule has 2 rings (SSSR count). The molecule has 1 aromatic carbocycles. The highest BCUT2D eigenvalue weighted by Gasteiger charge is 2.07. The molecule has 0 unspecified atom stereocenters. The SMILES string of the molecule is CCOc1ccc(OCC)c(NC(N)=NCc2cccc(OC)n2)c1. The van der Waals surface area contributed by atoms with Gasteiger partial charge >= 0.3 is 0 Å². The predicted octanol–water partition coefficient (Wildman–Crippen LogP) is 2.81. The van der Waals surface area contributed by atoms with Crippen molar-refractivity contribution in [2.75, 3.05) is 25.6 Å². The van der Waals surface area contributed by atoms with Gasteiger partial charge in [-0.05, 0) is 32.0 Å². The number of hydrogen-bond donors (Lipinski definition) is 2. The number of pyridine rings is 1. The van der Waals surface area contributed by atoms with Crippen LogP contribution in [-0.2, 0) is 6.54 Å². The Morgan fingerprint density at radius 1 is 1.16 bits per heavy atom. The number of aliphatic imine (C=N–C) groups is 1. The number of hydrogen-bond acceptors (Lipinski definition) is 5. The van der Waals surface area contributed by atoms with Crippen LogP contribution in [-0.4, -0.2) is 31.3 Å². The number of aromatic nitrogens is 1. The van der Waals surface area contributed by atoms with Gasteiger partial charge in [-0.2, -0.15) is 0 Å². The Labute approximate surface area is 147 Å². The van der Waals surface area contributed by atoms with E-state index in [1.165, 1.54) is 0 Å². The highest BCUT2D eigenvalue weighted by Crippen LogP contribution is 2.29. The Morgan fingerprint density at radius 2 is 1.96 bits per heavy atom. The molecule has 2 aromatic rings. The highest BCUT2D eigenvalue weighted by molar-refractivity contribution is 5.94. The van der Waals surface area contributed by atoms with Crippen LogP contribution in [0.15, 0.2) is 41.4 Å². The molecular weight excluding hydrogens is 320 g/mol. The molecule has 3 N–H and O–H groups in total. The topological polar surface area (TPSA) is 91.0 Å². The van der Waals surface area contributed by atoms with Crippen molar-refractivity contribution in [3.05, 3.63) is 42.1 Å². The predicted molar refractivity (Wildman–Crippen MR) is 98.5 cm³/mol. The van der Waals surface area contributed by atoms with E-state index in [1.807, 2.05) is 44.2 Å². The molecule has 134 valence electrons. The van der Waals surface area contributed by atoms with Crippen LogP contribution in [0.25, 0.3) is 0 Å². The summed E-state index contributed by atoms with van der Waals surface area (Å²) in [7, 11) is 1.58. The van der Waals surface area contributed by atoms with Crippen LogP contribution in [0, 0.1) is 0 Å². The first-order valence-electron chi connectivity index (χ1n) is 8.12. The second-order valence-electron chi connectivity index (χ2n) is 5.02. The molecule has 0 aliphatic rings. The van der Waals surface area contributed by atoms with Crippen molar-refractivity contribution >= 4 is 11.6 Å². The van der Waals surface area contributed by atoms with E-state index in [1.54, 1.807) is 13.2 Å². The van der Waals surface area contributed by atoms with E-state index in [9.17, 15) is 0 Å². The zero-order valence-corrected chi connectivity index (χ0v) is 14.8. The molecule has 0 fully saturated rings. The van der Waals surface area contributed by atoms with Gasteiger partial charge in [0.25, 0.3) is 0 Å². The third-order valence-corrected chi connectivity index (χ3v) is 3.23. The van der Waals surface area contributed by atoms with Gasteiger partial charge in [0.2, 0.25) is 5.88 Å². The van der Waals surface area contributed by atoms with Gasteiger partial charge in [-0.3, -0.25) is 0 Å². The van der Waals surface area contributed by atoms with E-state index in [0.29, 0.717) is 37.1 Å². The Bertz CT molecular complexity index is 719. The summed E-state index contributed by atoms with van der Waals surface area (Å²) in [6.07, 6.45) is 0. The monoisotopic (exact) mass is 344 g/mol. The number of benzene rings is 1. The zero-order valence-electron chi connectivity index (χ0n) is 14.8. The summed E-state index contributed by atoms with van der Waals surface area (Å²) in [5.74, 6) is 2.22. The van der Waals surface area contributed by atoms with E-state index in [0.717, 1.165) is 11.4 Å². The molecule has 0 radical (unpaired) electrons. The lowest BCUT2D eigenvalue weighted by Gasteiger charge is -2.14. The summed E-state index contributed by atoms with van der Waals surface area (Å²) >= 11 is 0. The third-order valence-electron chi connectivity index (χ3n) is 3.23. The maximum atomic E-state index is 6.00. The first-order chi connectivity index (χ1) is 12.2. The maximum Gasteiger partial charge on any atom is 0.213 e. The fraction of sp³-hybridized carbons (Fsp3) is 0.333. The minimum Gasteiger partial charge on any atom is -0.494 e. The minimum absolute atomic E-state index is 0.263. The number of anilines is 1. The Hall–Kier alpha value is -2.96. The van der Waals surface area contributed by atoms with Crippen molar-refractivity contribution in [2.45, 2.75) is 20.4 Å². The van der Waals surface area contributed by atoms with Gasteiger partial charge in [0.1, 0.15) is 11.5 Å². The largest absolute Gasteiger partial charge is 0.494 e. The molecule has 7 heteroatoms. The number of nitrogens with two attached hydrogens (primary N) is 1. The molecule has 0 aliphatic carbocycles. The third kappa shape index (κ3) is 5.56. The van der Waals surface area contributed by atoms with Gasteiger partial charge in [-0.15, -0.1) is 0 Å². The van der Waals surface area contributed by atoms with Crippen molar-refractivity contribution in [3.63, 3.8) is 0 Å². The minimum atomic E-state index is 0.263. The standard InChI is InChI=1S/C18H24N4O3/c1-4-24-14-9-10-16(25-5-2)15(11-14)22-18(19)20-12-13-7-6-8-17(21-13)23-3/h6-11H,4-5,12H2,1-3H3,(H3,19,20,22). The Kier molecular flexibility index (Phi) is 6.88. The number of ether oxygens (including phenoxy) is 3. The molecule has 7 nitrogen and oxygen atoms in total. The van der Waals surface area contributed by atoms with E-state index in [4.69, 9.17) is 19.9 Å². The van der Waals surface area contributed by atoms with E-state index < -0.39 is 0 Å². The first kappa shape index (κ1) is 18.4. The average Bonchev–Trinajstić information content (AvgIpc) is 2.63. The lowest BCUT2D eigenvalue weighted by atomic mass is 10.2. The molecule has 0 saturated carbocycles. The van der Waals surface area contributed by atoms with Crippen LogP contribution >= 0.6 is 0 Å². The molecule has 0 aliphatic heterocycles. The van der Waals surface area contributed by atoms with Gasteiger partial charge in [0.05, 0.1) is 38.2 Å². The zero-order chi connectivity index (χ0) is 18.1. The summed E-state index contributed by atoms with van der Waals surface area (Å²) in [6, 6.07) is 11.0. The van der Waals surface area contributed by atoms with Crippen LogP contribution in [0.5, 0.6) is 17.4 Å². The van der Waals surface area contributed by atoms with Crippen LogP contribution in [0.1, 0.15) is 19.5 Å². The van der Waals surface area contributed by atoms with E-state index in [-0.39, 0.29) is 5.96 Å². The fourth-order valence-electron chi connectivity index (χ4n) is 2.15. The Balaban J connectivity index is 2.11. The van der Waals surface area contributed by atoms with Crippen molar-refractivity contribution < 1.29 is 14.2 Å². The Morgan fingerprint density at radius 3 is 2.68 bits per heavy atom. The summed E-state index contributed by atoms with van der Waals surface area (Å²) in [4.78, 5) is 8.61. The van der Waals surface area contributed by atoms with Gasteiger partial charge in [0, 0.05) is 12.1 Å². The highest BCUT2D eigenvalue weighted by atomic mass is 16.5. The van der Waals surface area contributed by atoms with Gasteiger partial charge < -0.3 is 25.3 Å². The van der Waals surface area contributed by atoms with Crippen molar-refractivity contribution in [1.82, 2.24) is 4.98 Å². The smallest absolute Gasteiger partial charge is 0.213 e. The molecule has 0 amide bonds. The maximum absolute atomic E-state index is 6.00. The molecule has 0 spiro atoms. The fourth-order valence-corrected chi connectivity index (χ4v) is 2.15.